The van der Waals surface area contributed by atoms with Crippen LogP contribution in [0.25, 0.3) is 5.69 Å². The lowest BCUT2D eigenvalue weighted by molar-refractivity contribution is -0.116. The van der Waals surface area contributed by atoms with Gasteiger partial charge >= 0.3 is 0 Å². The van der Waals surface area contributed by atoms with Crippen LogP contribution in [0.3, 0.4) is 0 Å². The predicted octanol–water partition coefficient (Wildman–Crippen LogP) is 3.01. The van der Waals surface area contributed by atoms with Crippen LogP contribution in [-0.2, 0) is 4.79 Å². The Labute approximate surface area is 161 Å². The largest absolute Gasteiger partial charge is 0.311 e. The van der Waals surface area contributed by atoms with Crippen molar-refractivity contribution in [3.8, 4) is 11.8 Å². The summed E-state index contributed by atoms with van der Waals surface area (Å²) in [6, 6.07) is 19.2. The fraction of sp³-hybridized carbons (Fsp3) is 0.211. The molecule has 2 aromatic carbocycles. The average Bonchev–Trinajstić information content (AvgIpc) is 3.16. The topological polar surface area (TPSA) is 87.7 Å². The van der Waals surface area contributed by atoms with Crippen LogP contribution in [0.1, 0.15) is 12.0 Å². The molecule has 0 fully saturated rings. The molecule has 1 amide bonds. The van der Waals surface area contributed by atoms with Gasteiger partial charge in [-0.15, -0.1) is 5.10 Å². The number of anilines is 1. The van der Waals surface area contributed by atoms with E-state index in [9.17, 15) is 4.79 Å². The minimum atomic E-state index is -0.0965. The second-order valence-corrected chi connectivity index (χ2v) is 6.68. The third-order valence-corrected chi connectivity index (χ3v) is 4.83. The number of nitriles is 1. The first kappa shape index (κ1) is 18.6. The van der Waals surface area contributed by atoms with E-state index < -0.39 is 0 Å². The van der Waals surface area contributed by atoms with Crippen LogP contribution in [0.2, 0.25) is 0 Å². The van der Waals surface area contributed by atoms with Crippen molar-refractivity contribution in [3.05, 3.63) is 60.2 Å². The van der Waals surface area contributed by atoms with Gasteiger partial charge in [0.05, 0.1) is 23.9 Å². The van der Waals surface area contributed by atoms with Gasteiger partial charge in [-0.2, -0.15) is 9.94 Å². The Morgan fingerprint density at radius 3 is 2.67 bits per heavy atom. The molecular formula is C19H18N6OS. The second kappa shape index (κ2) is 8.96. The lowest BCUT2D eigenvalue weighted by atomic mass is 10.2. The SMILES string of the molecule is Cc1ccccc1-n1nnnc1SCC(=O)N(CCC#N)c1ccccc1. The van der Waals surface area contributed by atoms with Gasteiger partial charge < -0.3 is 4.90 Å². The van der Waals surface area contributed by atoms with Crippen molar-refractivity contribution in [2.45, 2.75) is 18.5 Å². The number of aryl methyl sites for hydroxylation is 1. The van der Waals surface area contributed by atoms with Gasteiger partial charge in [0.1, 0.15) is 0 Å². The Kier molecular flexibility index (Phi) is 6.18. The molecule has 1 heterocycles. The zero-order valence-electron chi connectivity index (χ0n) is 14.8. The molecule has 0 aliphatic rings. The van der Waals surface area contributed by atoms with Crippen LogP contribution in [0.4, 0.5) is 5.69 Å². The van der Waals surface area contributed by atoms with Crippen LogP contribution in [0, 0.1) is 18.3 Å². The number of tetrazole rings is 1. The molecule has 3 aromatic rings. The van der Waals surface area contributed by atoms with Gasteiger partial charge in [0.25, 0.3) is 0 Å². The highest BCUT2D eigenvalue weighted by atomic mass is 32.2. The summed E-state index contributed by atoms with van der Waals surface area (Å²) in [6.07, 6.45) is 0.270. The van der Waals surface area contributed by atoms with Gasteiger partial charge in [0.15, 0.2) is 0 Å². The number of carbonyl (C=O) groups excluding carboxylic acids is 1. The fourth-order valence-corrected chi connectivity index (χ4v) is 3.35. The fourth-order valence-electron chi connectivity index (χ4n) is 2.59. The maximum atomic E-state index is 12.8. The second-order valence-electron chi connectivity index (χ2n) is 5.74. The number of nitrogens with zero attached hydrogens (tertiary/aromatic N) is 6. The number of thioether (sulfide) groups is 1. The maximum absolute atomic E-state index is 12.8. The van der Waals surface area contributed by atoms with Crippen molar-refractivity contribution in [2.24, 2.45) is 0 Å². The quantitative estimate of drug-likeness (QED) is 0.587. The van der Waals surface area contributed by atoms with Gasteiger partial charge in [0.2, 0.25) is 11.1 Å². The summed E-state index contributed by atoms with van der Waals surface area (Å²) < 4.78 is 1.63. The molecule has 0 bridgehead atoms. The van der Waals surface area contributed by atoms with E-state index in [0.717, 1.165) is 16.9 Å². The Morgan fingerprint density at radius 1 is 1.19 bits per heavy atom. The van der Waals surface area contributed by atoms with E-state index in [1.165, 1.54) is 11.8 Å². The summed E-state index contributed by atoms with van der Waals surface area (Å²) in [5.74, 6) is 0.0767. The van der Waals surface area contributed by atoms with E-state index >= 15 is 0 Å². The number of rotatable bonds is 7. The Morgan fingerprint density at radius 2 is 1.93 bits per heavy atom. The van der Waals surface area contributed by atoms with Gasteiger partial charge in [-0.3, -0.25) is 4.79 Å². The van der Waals surface area contributed by atoms with Crippen molar-refractivity contribution < 1.29 is 4.79 Å². The van der Waals surface area contributed by atoms with Gasteiger partial charge in [-0.05, 0) is 41.1 Å². The van der Waals surface area contributed by atoms with Crippen molar-refractivity contribution in [3.63, 3.8) is 0 Å². The van der Waals surface area contributed by atoms with E-state index in [-0.39, 0.29) is 18.1 Å². The van der Waals surface area contributed by atoms with E-state index in [2.05, 4.69) is 21.6 Å². The van der Waals surface area contributed by atoms with Crippen molar-refractivity contribution in [2.75, 3.05) is 17.2 Å². The molecule has 0 aliphatic heterocycles. The molecule has 7 nitrogen and oxygen atoms in total. The zero-order valence-corrected chi connectivity index (χ0v) is 15.6. The molecule has 0 atom stereocenters. The van der Waals surface area contributed by atoms with Gasteiger partial charge in [-0.25, -0.2) is 0 Å². The smallest absolute Gasteiger partial charge is 0.237 e. The van der Waals surface area contributed by atoms with E-state index in [4.69, 9.17) is 5.26 Å². The molecule has 8 heteroatoms. The molecule has 0 unspecified atom stereocenters. The molecule has 0 spiro atoms. The van der Waals surface area contributed by atoms with Gasteiger partial charge in [0, 0.05) is 12.2 Å². The molecule has 3 rings (SSSR count). The number of amides is 1. The third kappa shape index (κ3) is 4.51. The Bertz CT molecular complexity index is 950. The number of benzene rings is 2. The number of hydrogen-bond acceptors (Lipinski definition) is 6. The minimum Gasteiger partial charge on any atom is -0.311 e. The van der Waals surface area contributed by atoms with Crippen molar-refractivity contribution in [1.29, 1.82) is 5.26 Å². The first-order valence-electron chi connectivity index (χ1n) is 8.40. The highest BCUT2D eigenvalue weighted by Crippen LogP contribution is 2.22. The Hall–Kier alpha value is -3.18. The number of para-hydroxylation sites is 2. The average molecular weight is 378 g/mol. The monoisotopic (exact) mass is 378 g/mol. The first-order chi connectivity index (χ1) is 13.2. The highest BCUT2D eigenvalue weighted by Gasteiger charge is 2.18. The summed E-state index contributed by atoms with van der Waals surface area (Å²) in [6.45, 7) is 2.33. The summed E-state index contributed by atoms with van der Waals surface area (Å²) >= 11 is 1.27. The molecule has 0 N–H and O–H groups in total. The normalized spacial score (nSPS) is 10.4. The van der Waals surface area contributed by atoms with E-state index in [1.807, 2.05) is 61.5 Å². The number of carbonyl (C=O) groups is 1. The van der Waals surface area contributed by atoms with E-state index in [0.29, 0.717) is 11.7 Å². The molecule has 27 heavy (non-hydrogen) atoms. The van der Waals surface area contributed by atoms with Crippen LogP contribution >= 0.6 is 11.8 Å². The zero-order chi connectivity index (χ0) is 19.1. The third-order valence-electron chi connectivity index (χ3n) is 3.93. The summed E-state index contributed by atoms with van der Waals surface area (Å²) in [5.41, 5.74) is 2.69. The van der Waals surface area contributed by atoms with Crippen molar-refractivity contribution >= 4 is 23.4 Å². The molecule has 0 saturated heterocycles. The summed E-state index contributed by atoms with van der Waals surface area (Å²) in [5, 5.41) is 21.3. The molecule has 136 valence electrons. The van der Waals surface area contributed by atoms with Crippen LogP contribution in [0.5, 0.6) is 0 Å². The standard InChI is InChI=1S/C19H18N6OS/c1-15-8-5-6-11-17(15)25-19(21-22-23-25)27-14-18(26)24(13-7-12-20)16-9-3-2-4-10-16/h2-6,8-11H,7,13-14H2,1H3. The van der Waals surface area contributed by atoms with Gasteiger partial charge in [-0.1, -0.05) is 48.2 Å². The Balaban J connectivity index is 1.74. The molecule has 0 saturated carbocycles. The molecule has 0 radical (unpaired) electrons. The first-order valence-corrected chi connectivity index (χ1v) is 9.39. The molecule has 0 aliphatic carbocycles. The number of hydrogen-bond donors (Lipinski definition) is 0. The van der Waals surface area contributed by atoms with Crippen LogP contribution in [-0.4, -0.2) is 38.4 Å². The number of aromatic nitrogens is 4. The van der Waals surface area contributed by atoms with Crippen molar-refractivity contribution in [1.82, 2.24) is 20.2 Å². The van der Waals surface area contributed by atoms with Crippen LogP contribution < -0.4 is 4.90 Å². The summed E-state index contributed by atoms with van der Waals surface area (Å²) in [7, 11) is 0. The molecule has 1 aromatic heterocycles. The highest BCUT2D eigenvalue weighted by molar-refractivity contribution is 7.99. The lowest BCUT2D eigenvalue weighted by Crippen LogP contribution is -2.33. The predicted molar refractivity (Wildman–Crippen MR) is 104 cm³/mol. The van der Waals surface area contributed by atoms with E-state index in [1.54, 1.807) is 9.58 Å². The lowest BCUT2D eigenvalue weighted by Gasteiger charge is -2.21. The minimum absolute atomic E-state index is 0.0965. The maximum Gasteiger partial charge on any atom is 0.237 e. The summed E-state index contributed by atoms with van der Waals surface area (Å²) in [4.78, 5) is 14.4. The molecular weight excluding hydrogens is 360 g/mol. The van der Waals surface area contributed by atoms with Crippen LogP contribution in [0.15, 0.2) is 59.8 Å².